The molecule has 0 aromatic heterocycles. The maximum Gasteiger partial charge on any atom is 0.320 e. The quantitative estimate of drug-likeness (QED) is 0.782. The first-order valence-corrected chi connectivity index (χ1v) is 6.46. The molecule has 0 aliphatic heterocycles. The fourth-order valence-electron chi connectivity index (χ4n) is 1.32. The smallest absolute Gasteiger partial charge is 0.320 e. The summed E-state index contributed by atoms with van der Waals surface area (Å²) in [6.07, 6.45) is 0. The van der Waals surface area contributed by atoms with Crippen LogP contribution in [0.4, 0.5) is 5.69 Å². The second-order valence-corrected chi connectivity index (χ2v) is 5.23. The van der Waals surface area contributed by atoms with Gasteiger partial charge in [0.15, 0.2) is 0 Å². The van der Waals surface area contributed by atoms with Crippen molar-refractivity contribution in [2.45, 2.75) is 13.0 Å². The average molecular weight is 362 g/mol. The van der Waals surface area contributed by atoms with Gasteiger partial charge in [-0.2, -0.15) is 0 Å². The molecule has 1 rings (SSSR count). The Labute approximate surface area is 119 Å². The van der Waals surface area contributed by atoms with Crippen LogP contribution in [-0.2, 0) is 9.59 Å². The monoisotopic (exact) mass is 362 g/mol. The SMILES string of the molecule is CC(C(=O)O)N(C)CC(=O)Nc1cccc(I)c1. The van der Waals surface area contributed by atoms with Crippen molar-refractivity contribution in [1.29, 1.82) is 0 Å². The summed E-state index contributed by atoms with van der Waals surface area (Å²) in [6.45, 7) is 1.58. The molecule has 0 aliphatic rings. The van der Waals surface area contributed by atoms with Crippen LogP contribution in [0.5, 0.6) is 0 Å². The van der Waals surface area contributed by atoms with E-state index in [4.69, 9.17) is 5.11 Å². The normalized spacial score (nSPS) is 12.2. The van der Waals surface area contributed by atoms with E-state index in [2.05, 4.69) is 27.9 Å². The molecule has 1 aromatic carbocycles. The lowest BCUT2D eigenvalue weighted by molar-refractivity contribution is -0.142. The highest BCUT2D eigenvalue weighted by Crippen LogP contribution is 2.12. The van der Waals surface area contributed by atoms with Gasteiger partial charge in [-0.1, -0.05) is 6.07 Å². The number of likely N-dealkylation sites (N-methyl/N-ethyl adjacent to an activating group) is 1. The molecule has 1 unspecified atom stereocenters. The highest BCUT2D eigenvalue weighted by molar-refractivity contribution is 14.1. The molecule has 2 N–H and O–H groups in total. The first-order chi connectivity index (χ1) is 8.40. The molecule has 0 saturated heterocycles. The Bertz CT molecular complexity index is 451. The Morgan fingerprint density at radius 2 is 2.17 bits per heavy atom. The summed E-state index contributed by atoms with van der Waals surface area (Å²) >= 11 is 2.16. The third-order valence-corrected chi connectivity index (χ3v) is 3.19. The molecule has 0 radical (unpaired) electrons. The Morgan fingerprint density at radius 3 is 2.72 bits per heavy atom. The standard InChI is InChI=1S/C12H15IN2O3/c1-8(12(17)18)15(2)7-11(16)14-10-5-3-4-9(13)6-10/h3-6,8H,7H2,1-2H3,(H,14,16)(H,17,18). The van der Waals surface area contributed by atoms with E-state index in [-0.39, 0.29) is 12.5 Å². The summed E-state index contributed by atoms with van der Waals surface area (Å²) in [7, 11) is 1.60. The van der Waals surface area contributed by atoms with E-state index in [1.54, 1.807) is 20.0 Å². The Kier molecular flexibility index (Phi) is 5.54. The summed E-state index contributed by atoms with van der Waals surface area (Å²) in [4.78, 5) is 23.9. The minimum atomic E-state index is -0.945. The van der Waals surface area contributed by atoms with Crippen molar-refractivity contribution >= 4 is 40.2 Å². The number of hydrogen-bond acceptors (Lipinski definition) is 3. The van der Waals surface area contributed by atoms with E-state index in [9.17, 15) is 9.59 Å². The number of carbonyl (C=O) groups excluding carboxylic acids is 1. The molecule has 0 heterocycles. The molecule has 98 valence electrons. The van der Waals surface area contributed by atoms with Crippen molar-refractivity contribution < 1.29 is 14.7 Å². The fraction of sp³-hybridized carbons (Fsp3) is 0.333. The summed E-state index contributed by atoms with van der Waals surface area (Å²) in [5, 5.41) is 11.5. The van der Waals surface area contributed by atoms with Gasteiger partial charge in [-0.15, -0.1) is 0 Å². The van der Waals surface area contributed by atoms with Crippen molar-refractivity contribution in [3.8, 4) is 0 Å². The van der Waals surface area contributed by atoms with Gasteiger partial charge < -0.3 is 10.4 Å². The summed E-state index contributed by atoms with van der Waals surface area (Å²) in [5.74, 6) is -1.17. The van der Waals surface area contributed by atoms with E-state index in [1.165, 1.54) is 4.90 Å². The van der Waals surface area contributed by atoms with E-state index in [0.717, 1.165) is 3.57 Å². The third kappa shape index (κ3) is 4.61. The highest BCUT2D eigenvalue weighted by atomic mass is 127. The van der Waals surface area contributed by atoms with Crippen LogP contribution in [0.3, 0.4) is 0 Å². The molecule has 18 heavy (non-hydrogen) atoms. The number of nitrogens with one attached hydrogen (secondary N) is 1. The number of rotatable bonds is 5. The third-order valence-electron chi connectivity index (χ3n) is 2.52. The van der Waals surface area contributed by atoms with Gasteiger partial charge in [0, 0.05) is 9.26 Å². The van der Waals surface area contributed by atoms with Gasteiger partial charge in [-0.3, -0.25) is 14.5 Å². The Balaban J connectivity index is 2.54. The van der Waals surface area contributed by atoms with Gasteiger partial charge in [-0.25, -0.2) is 0 Å². The maximum atomic E-state index is 11.7. The molecule has 0 spiro atoms. The number of halogens is 1. The zero-order valence-electron chi connectivity index (χ0n) is 10.2. The lowest BCUT2D eigenvalue weighted by Crippen LogP contribution is -2.40. The van der Waals surface area contributed by atoms with Crippen LogP contribution in [0.25, 0.3) is 0 Å². The van der Waals surface area contributed by atoms with Crippen molar-refractivity contribution in [1.82, 2.24) is 4.90 Å². The molecule has 0 aliphatic carbocycles. The molecular weight excluding hydrogens is 347 g/mol. The van der Waals surface area contributed by atoms with Crippen molar-refractivity contribution in [3.05, 3.63) is 27.8 Å². The zero-order valence-corrected chi connectivity index (χ0v) is 12.3. The van der Waals surface area contributed by atoms with Crippen LogP contribution in [0.2, 0.25) is 0 Å². The van der Waals surface area contributed by atoms with Crippen molar-refractivity contribution in [2.24, 2.45) is 0 Å². The van der Waals surface area contributed by atoms with Crippen molar-refractivity contribution in [3.63, 3.8) is 0 Å². The number of carboxylic acids is 1. The lowest BCUT2D eigenvalue weighted by atomic mass is 10.3. The first kappa shape index (κ1) is 14.9. The summed E-state index contributed by atoms with van der Waals surface area (Å²) in [5.41, 5.74) is 0.711. The number of nitrogens with zero attached hydrogens (tertiary/aromatic N) is 1. The van der Waals surface area contributed by atoms with Crippen LogP contribution < -0.4 is 5.32 Å². The fourth-order valence-corrected chi connectivity index (χ4v) is 1.86. The molecule has 5 nitrogen and oxygen atoms in total. The van der Waals surface area contributed by atoms with E-state index in [1.807, 2.05) is 18.2 Å². The molecule has 0 fully saturated rings. The largest absolute Gasteiger partial charge is 0.480 e. The van der Waals surface area contributed by atoms with Gasteiger partial charge in [0.2, 0.25) is 5.91 Å². The number of benzene rings is 1. The minimum Gasteiger partial charge on any atom is -0.480 e. The molecule has 1 atom stereocenters. The first-order valence-electron chi connectivity index (χ1n) is 5.38. The van der Waals surface area contributed by atoms with Gasteiger partial charge in [0.1, 0.15) is 6.04 Å². The average Bonchev–Trinajstić information content (AvgIpc) is 2.27. The number of anilines is 1. The molecule has 0 bridgehead atoms. The summed E-state index contributed by atoms with van der Waals surface area (Å²) in [6, 6.07) is 6.72. The summed E-state index contributed by atoms with van der Waals surface area (Å²) < 4.78 is 1.03. The number of carboxylic acid groups (broad SMARTS) is 1. The Hall–Kier alpha value is -1.15. The second kappa shape index (κ2) is 6.69. The molecule has 1 aromatic rings. The van der Waals surface area contributed by atoms with Crippen molar-refractivity contribution in [2.75, 3.05) is 18.9 Å². The molecule has 1 amide bonds. The van der Waals surface area contributed by atoms with Crippen LogP contribution in [0.15, 0.2) is 24.3 Å². The lowest BCUT2D eigenvalue weighted by Gasteiger charge is -2.20. The number of amides is 1. The predicted octanol–water partition coefficient (Wildman–Crippen LogP) is 1.63. The van der Waals surface area contributed by atoms with Crippen LogP contribution >= 0.6 is 22.6 Å². The number of aliphatic carboxylic acids is 1. The van der Waals surface area contributed by atoms with Gasteiger partial charge >= 0.3 is 5.97 Å². The maximum absolute atomic E-state index is 11.7. The second-order valence-electron chi connectivity index (χ2n) is 3.99. The molecule has 0 saturated carbocycles. The highest BCUT2D eigenvalue weighted by Gasteiger charge is 2.18. The molecular formula is C12H15IN2O3. The van der Waals surface area contributed by atoms with E-state index >= 15 is 0 Å². The predicted molar refractivity (Wildman–Crippen MR) is 77.5 cm³/mol. The van der Waals surface area contributed by atoms with E-state index in [0.29, 0.717) is 5.69 Å². The topological polar surface area (TPSA) is 69.6 Å². The number of carbonyl (C=O) groups is 2. The molecule has 6 heteroatoms. The van der Waals surface area contributed by atoms with Crippen LogP contribution in [0, 0.1) is 3.57 Å². The minimum absolute atomic E-state index is 0.0406. The van der Waals surface area contributed by atoms with Gasteiger partial charge in [0.05, 0.1) is 6.54 Å². The van der Waals surface area contributed by atoms with Crippen LogP contribution in [-0.4, -0.2) is 41.5 Å². The van der Waals surface area contributed by atoms with Crippen LogP contribution in [0.1, 0.15) is 6.92 Å². The van der Waals surface area contributed by atoms with Gasteiger partial charge in [0.25, 0.3) is 0 Å². The van der Waals surface area contributed by atoms with E-state index < -0.39 is 12.0 Å². The number of hydrogen-bond donors (Lipinski definition) is 2. The zero-order chi connectivity index (χ0) is 13.7. The Morgan fingerprint density at radius 1 is 1.50 bits per heavy atom. The van der Waals surface area contributed by atoms with Gasteiger partial charge in [-0.05, 0) is 54.8 Å².